The molecule has 4 rings (SSSR count). The average Bonchev–Trinajstić information content (AvgIpc) is 3.36. The number of thiazole rings is 1. The van der Waals surface area contributed by atoms with Gasteiger partial charge in [0.1, 0.15) is 16.4 Å². The van der Waals surface area contributed by atoms with E-state index in [9.17, 15) is 19.5 Å². The zero-order chi connectivity index (χ0) is 26.0. The predicted molar refractivity (Wildman–Crippen MR) is 137 cm³/mol. The number of carbonyl (C=O) groups is 3. The van der Waals surface area contributed by atoms with Gasteiger partial charge in [-0.15, -0.1) is 0 Å². The second-order valence-electron chi connectivity index (χ2n) is 7.81. The third-order valence-electron chi connectivity index (χ3n) is 5.50. The van der Waals surface area contributed by atoms with E-state index in [-0.39, 0.29) is 27.9 Å². The number of ether oxygens (including phenoxy) is 2. The van der Waals surface area contributed by atoms with Crippen LogP contribution < -0.4 is 9.64 Å². The molecular formula is C26H23ClN2O6S. The summed E-state index contributed by atoms with van der Waals surface area (Å²) in [6.07, 6.45) is 0. The Morgan fingerprint density at radius 3 is 2.53 bits per heavy atom. The van der Waals surface area contributed by atoms with Gasteiger partial charge in [0.25, 0.3) is 5.78 Å². The van der Waals surface area contributed by atoms with E-state index in [1.165, 1.54) is 4.90 Å². The van der Waals surface area contributed by atoms with E-state index >= 15 is 0 Å². The first-order chi connectivity index (χ1) is 17.3. The van der Waals surface area contributed by atoms with Crippen molar-refractivity contribution < 1.29 is 29.0 Å². The lowest BCUT2D eigenvalue weighted by Crippen LogP contribution is -2.29. The maximum atomic E-state index is 13.3. The molecule has 0 bridgehead atoms. The lowest BCUT2D eigenvalue weighted by molar-refractivity contribution is -0.132. The molecule has 0 spiro atoms. The fourth-order valence-electron chi connectivity index (χ4n) is 3.92. The van der Waals surface area contributed by atoms with Crippen LogP contribution in [-0.2, 0) is 14.3 Å². The standard InChI is InChI=1S/C26H23ClN2O6S/c1-4-34-18-8-6-7-16(13-18)20-19(21(30)15-9-11-17(27)12-10-15)22(31)24(32)29(20)26-28-14(3)23(36-26)25(33)35-5-2/h6-13,20,30H,4-5H2,1-3H3. The number of aliphatic hydroxyl groups is 1. The number of rotatable bonds is 7. The van der Waals surface area contributed by atoms with Crippen molar-refractivity contribution in [2.24, 2.45) is 0 Å². The summed E-state index contributed by atoms with van der Waals surface area (Å²) in [7, 11) is 0. The van der Waals surface area contributed by atoms with Gasteiger partial charge in [0.2, 0.25) is 0 Å². The van der Waals surface area contributed by atoms with Crippen molar-refractivity contribution in [2.45, 2.75) is 26.8 Å². The molecule has 1 amide bonds. The van der Waals surface area contributed by atoms with E-state index in [0.717, 1.165) is 11.3 Å². The Bertz CT molecular complexity index is 1370. The molecule has 1 unspecified atom stereocenters. The minimum absolute atomic E-state index is 0.110. The highest BCUT2D eigenvalue weighted by Crippen LogP contribution is 2.44. The second-order valence-corrected chi connectivity index (χ2v) is 9.23. The second kappa shape index (κ2) is 10.5. The molecule has 1 aromatic heterocycles. The van der Waals surface area contributed by atoms with Crippen LogP contribution in [0.3, 0.4) is 0 Å². The Balaban J connectivity index is 1.91. The Hall–Kier alpha value is -3.69. The molecule has 0 saturated carbocycles. The maximum Gasteiger partial charge on any atom is 0.350 e. The smallest absolute Gasteiger partial charge is 0.350 e. The van der Waals surface area contributed by atoms with Crippen LogP contribution in [0.15, 0.2) is 54.1 Å². The number of ketones is 1. The van der Waals surface area contributed by atoms with Crippen LogP contribution in [0.4, 0.5) is 5.13 Å². The van der Waals surface area contributed by atoms with E-state index in [1.807, 2.05) is 6.92 Å². The number of hydrogen-bond acceptors (Lipinski definition) is 8. The number of aromatic nitrogens is 1. The van der Waals surface area contributed by atoms with Crippen molar-refractivity contribution in [3.63, 3.8) is 0 Å². The summed E-state index contributed by atoms with van der Waals surface area (Å²) in [5.41, 5.74) is 1.11. The highest BCUT2D eigenvalue weighted by molar-refractivity contribution is 7.17. The van der Waals surface area contributed by atoms with Gasteiger partial charge >= 0.3 is 11.9 Å². The van der Waals surface area contributed by atoms with Gasteiger partial charge in [-0.25, -0.2) is 9.78 Å². The molecule has 10 heteroatoms. The molecule has 1 saturated heterocycles. The van der Waals surface area contributed by atoms with Crippen molar-refractivity contribution in [3.8, 4) is 5.75 Å². The van der Waals surface area contributed by atoms with Gasteiger partial charge in [-0.3, -0.25) is 14.5 Å². The fourth-order valence-corrected chi connectivity index (χ4v) is 5.03. The molecule has 3 aromatic rings. The number of benzene rings is 2. The SMILES string of the molecule is CCOC(=O)c1sc(N2C(=O)C(=O)C(=C(O)c3ccc(Cl)cc3)C2c2cccc(OCC)c2)nc1C. The predicted octanol–water partition coefficient (Wildman–Crippen LogP) is 5.31. The van der Waals surface area contributed by atoms with Gasteiger partial charge in [-0.2, -0.15) is 0 Å². The first-order valence-corrected chi connectivity index (χ1v) is 12.4. The van der Waals surface area contributed by atoms with Crippen molar-refractivity contribution in [1.82, 2.24) is 4.98 Å². The quantitative estimate of drug-likeness (QED) is 0.192. The van der Waals surface area contributed by atoms with Crippen LogP contribution in [0.25, 0.3) is 5.76 Å². The first-order valence-electron chi connectivity index (χ1n) is 11.2. The van der Waals surface area contributed by atoms with Gasteiger partial charge < -0.3 is 14.6 Å². The summed E-state index contributed by atoms with van der Waals surface area (Å²) in [5, 5.41) is 11.8. The Morgan fingerprint density at radius 1 is 1.14 bits per heavy atom. The van der Waals surface area contributed by atoms with E-state index in [1.54, 1.807) is 62.4 Å². The summed E-state index contributed by atoms with van der Waals surface area (Å²) in [4.78, 5) is 44.9. The molecule has 8 nitrogen and oxygen atoms in total. The molecule has 1 atom stereocenters. The molecule has 1 aliphatic heterocycles. The van der Waals surface area contributed by atoms with E-state index < -0.39 is 23.7 Å². The number of Topliss-reactive ketones (excluding diaryl/α,β-unsaturated/α-hetero) is 1. The molecule has 2 aromatic carbocycles. The van der Waals surface area contributed by atoms with Gasteiger partial charge in [-0.1, -0.05) is 35.1 Å². The van der Waals surface area contributed by atoms with Gasteiger partial charge in [-0.05, 0) is 62.7 Å². The van der Waals surface area contributed by atoms with Crippen molar-refractivity contribution in [3.05, 3.63) is 80.8 Å². The highest BCUT2D eigenvalue weighted by Gasteiger charge is 2.48. The third kappa shape index (κ3) is 4.72. The van der Waals surface area contributed by atoms with Crippen LogP contribution in [-0.4, -0.2) is 41.0 Å². The highest BCUT2D eigenvalue weighted by atomic mass is 35.5. The molecule has 1 fully saturated rings. The number of carbonyl (C=O) groups excluding carboxylic acids is 3. The lowest BCUT2D eigenvalue weighted by atomic mass is 9.95. The molecule has 0 aliphatic carbocycles. The first kappa shape index (κ1) is 25.4. The third-order valence-corrected chi connectivity index (χ3v) is 6.89. The van der Waals surface area contributed by atoms with E-state index in [4.69, 9.17) is 21.1 Å². The van der Waals surface area contributed by atoms with Crippen molar-refractivity contribution in [2.75, 3.05) is 18.1 Å². The van der Waals surface area contributed by atoms with Crippen molar-refractivity contribution >= 4 is 51.5 Å². The minimum atomic E-state index is -1.01. The molecule has 1 N–H and O–H groups in total. The maximum absolute atomic E-state index is 13.3. The van der Waals surface area contributed by atoms with Crippen LogP contribution in [0.1, 0.15) is 46.4 Å². The largest absolute Gasteiger partial charge is 0.507 e. The lowest BCUT2D eigenvalue weighted by Gasteiger charge is -2.23. The molecular weight excluding hydrogens is 504 g/mol. The number of hydrogen-bond donors (Lipinski definition) is 1. The number of aryl methyl sites for hydroxylation is 1. The molecule has 36 heavy (non-hydrogen) atoms. The normalized spacial score (nSPS) is 16.9. The molecule has 1 aliphatic rings. The monoisotopic (exact) mass is 526 g/mol. The number of nitrogens with zero attached hydrogens (tertiary/aromatic N) is 2. The molecule has 2 heterocycles. The van der Waals surface area contributed by atoms with Crippen molar-refractivity contribution in [1.29, 1.82) is 0 Å². The zero-order valence-corrected chi connectivity index (χ0v) is 21.4. The Kier molecular flexibility index (Phi) is 7.42. The van der Waals surface area contributed by atoms with Gasteiger partial charge in [0.05, 0.1) is 30.5 Å². The fraction of sp³-hybridized carbons (Fsp3) is 0.231. The Morgan fingerprint density at radius 2 is 1.86 bits per heavy atom. The van der Waals surface area contributed by atoms with Crippen LogP contribution in [0, 0.1) is 6.92 Å². The minimum Gasteiger partial charge on any atom is -0.507 e. The van der Waals surface area contributed by atoms with E-state index in [0.29, 0.717) is 34.2 Å². The number of anilines is 1. The summed E-state index contributed by atoms with van der Waals surface area (Å²) < 4.78 is 10.7. The number of aliphatic hydroxyl groups excluding tert-OH is 1. The van der Waals surface area contributed by atoms with Crippen LogP contribution in [0.5, 0.6) is 5.75 Å². The van der Waals surface area contributed by atoms with Crippen LogP contribution in [0.2, 0.25) is 5.02 Å². The number of esters is 1. The summed E-state index contributed by atoms with van der Waals surface area (Å²) in [6.45, 7) is 5.76. The molecule has 186 valence electrons. The van der Waals surface area contributed by atoms with Gasteiger partial charge in [0.15, 0.2) is 5.13 Å². The Labute approximate surface area is 216 Å². The summed E-state index contributed by atoms with van der Waals surface area (Å²) >= 11 is 6.93. The zero-order valence-electron chi connectivity index (χ0n) is 19.8. The number of amides is 1. The number of halogens is 1. The summed E-state index contributed by atoms with van der Waals surface area (Å²) in [6, 6.07) is 12.2. The topological polar surface area (TPSA) is 106 Å². The van der Waals surface area contributed by atoms with Crippen LogP contribution >= 0.6 is 22.9 Å². The summed E-state index contributed by atoms with van der Waals surface area (Å²) in [5.74, 6) is -2.12. The van der Waals surface area contributed by atoms with Gasteiger partial charge in [0, 0.05) is 10.6 Å². The molecule has 0 radical (unpaired) electrons. The average molecular weight is 527 g/mol. The van der Waals surface area contributed by atoms with E-state index in [2.05, 4.69) is 4.98 Å².